The van der Waals surface area contributed by atoms with Crippen LogP contribution in [0.15, 0.2) is 0 Å². The lowest BCUT2D eigenvalue weighted by Crippen LogP contribution is -2.18. The predicted octanol–water partition coefficient (Wildman–Crippen LogP) is 2.59. The summed E-state index contributed by atoms with van der Waals surface area (Å²) in [6.07, 6.45) is 7.30. The van der Waals surface area contributed by atoms with Crippen LogP contribution in [-0.2, 0) is 11.8 Å². The largest absolute Gasteiger partial charge is 0.263 e. The lowest BCUT2D eigenvalue weighted by atomic mass is 9.88. The Hall–Kier alpha value is -0.860. The van der Waals surface area contributed by atoms with E-state index in [2.05, 4.69) is 29.0 Å². The fourth-order valence-electron chi connectivity index (χ4n) is 2.29. The highest BCUT2D eigenvalue weighted by Gasteiger charge is 2.34. The summed E-state index contributed by atoms with van der Waals surface area (Å²) in [5.74, 6) is 2.09. The van der Waals surface area contributed by atoms with E-state index in [1.54, 1.807) is 0 Å². The maximum atomic E-state index is 4.59. The zero-order chi connectivity index (χ0) is 10.0. The third kappa shape index (κ3) is 1.68. The SMILES string of the molecule is CCCc1nc(C2(C)CCCC2)n[nH]1. The van der Waals surface area contributed by atoms with Gasteiger partial charge in [0.05, 0.1) is 0 Å². The molecule has 0 amide bonds. The second-order valence-electron chi connectivity index (χ2n) is 4.62. The molecule has 1 fully saturated rings. The van der Waals surface area contributed by atoms with Crippen LogP contribution in [0.2, 0.25) is 0 Å². The van der Waals surface area contributed by atoms with Crippen LogP contribution >= 0.6 is 0 Å². The molecule has 3 nitrogen and oxygen atoms in total. The van der Waals surface area contributed by atoms with Crippen molar-refractivity contribution in [3.63, 3.8) is 0 Å². The van der Waals surface area contributed by atoms with Crippen molar-refractivity contribution in [3.8, 4) is 0 Å². The van der Waals surface area contributed by atoms with E-state index in [4.69, 9.17) is 0 Å². The monoisotopic (exact) mass is 193 g/mol. The van der Waals surface area contributed by atoms with E-state index in [0.717, 1.165) is 24.5 Å². The molecule has 0 saturated heterocycles. The molecule has 0 radical (unpaired) electrons. The Morgan fingerprint density at radius 1 is 1.36 bits per heavy atom. The molecule has 78 valence electrons. The second-order valence-corrected chi connectivity index (χ2v) is 4.62. The molecule has 1 N–H and O–H groups in total. The third-order valence-electron chi connectivity index (χ3n) is 3.27. The van der Waals surface area contributed by atoms with Crippen molar-refractivity contribution in [2.45, 2.75) is 57.8 Å². The molecule has 0 bridgehead atoms. The Morgan fingerprint density at radius 2 is 2.07 bits per heavy atom. The number of nitrogens with zero attached hydrogens (tertiary/aromatic N) is 2. The number of hydrogen-bond donors (Lipinski definition) is 1. The molecule has 0 aromatic carbocycles. The summed E-state index contributed by atoms with van der Waals surface area (Å²) < 4.78 is 0. The van der Waals surface area contributed by atoms with Crippen molar-refractivity contribution in [2.24, 2.45) is 0 Å². The number of aromatic nitrogens is 3. The van der Waals surface area contributed by atoms with Gasteiger partial charge in [0.15, 0.2) is 5.82 Å². The molecule has 1 aromatic rings. The fraction of sp³-hybridized carbons (Fsp3) is 0.818. The Kier molecular flexibility index (Phi) is 2.57. The first kappa shape index (κ1) is 9.69. The van der Waals surface area contributed by atoms with E-state index in [-0.39, 0.29) is 5.41 Å². The molecule has 3 heteroatoms. The van der Waals surface area contributed by atoms with Gasteiger partial charge < -0.3 is 0 Å². The molecule has 14 heavy (non-hydrogen) atoms. The van der Waals surface area contributed by atoms with Crippen LogP contribution in [0.25, 0.3) is 0 Å². The average Bonchev–Trinajstić information content (AvgIpc) is 2.75. The summed E-state index contributed by atoms with van der Waals surface area (Å²) in [6.45, 7) is 4.46. The van der Waals surface area contributed by atoms with E-state index in [9.17, 15) is 0 Å². The highest BCUT2D eigenvalue weighted by atomic mass is 15.2. The van der Waals surface area contributed by atoms with Crippen molar-refractivity contribution >= 4 is 0 Å². The van der Waals surface area contributed by atoms with Gasteiger partial charge in [-0.1, -0.05) is 26.7 Å². The van der Waals surface area contributed by atoms with Gasteiger partial charge in [0.2, 0.25) is 0 Å². The molecule has 0 unspecified atom stereocenters. The zero-order valence-electron chi connectivity index (χ0n) is 9.14. The van der Waals surface area contributed by atoms with Crippen molar-refractivity contribution in [1.29, 1.82) is 0 Å². The van der Waals surface area contributed by atoms with E-state index in [1.807, 2.05) is 0 Å². The van der Waals surface area contributed by atoms with Gasteiger partial charge in [-0.25, -0.2) is 4.98 Å². The van der Waals surface area contributed by atoms with Crippen molar-refractivity contribution in [2.75, 3.05) is 0 Å². The lowest BCUT2D eigenvalue weighted by Gasteiger charge is -2.18. The number of rotatable bonds is 3. The summed E-state index contributed by atoms with van der Waals surface area (Å²) in [4.78, 5) is 4.59. The molecule has 1 heterocycles. The van der Waals surface area contributed by atoms with Gasteiger partial charge in [-0.2, -0.15) is 5.10 Å². The summed E-state index contributed by atoms with van der Waals surface area (Å²) >= 11 is 0. The molecule has 1 aliphatic rings. The molecule has 0 spiro atoms. The predicted molar refractivity (Wildman–Crippen MR) is 56.2 cm³/mol. The van der Waals surface area contributed by atoms with E-state index >= 15 is 0 Å². The van der Waals surface area contributed by atoms with Crippen LogP contribution < -0.4 is 0 Å². The summed E-state index contributed by atoms with van der Waals surface area (Å²) in [6, 6.07) is 0. The van der Waals surface area contributed by atoms with Crippen LogP contribution in [0.4, 0.5) is 0 Å². The summed E-state index contributed by atoms with van der Waals surface area (Å²) in [7, 11) is 0. The first-order chi connectivity index (χ1) is 6.74. The smallest absolute Gasteiger partial charge is 0.156 e. The van der Waals surface area contributed by atoms with Crippen LogP contribution in [-0.4, -0.2) is 15.2 Å². The minimum absolute atomic E-state index is 0.252. The Bertz CT molecular complexity index is 297. The lowest BCUT2D eigenvalue weighted by molar-refractivity contribution is 0.460. The number of nitrogens with one attached hydrogen (secondary N) is 1. The molecular weight excluding hydrogens is 174 g/mol. The summed E-state index contributed by atoms with van der Waals surface area (Å²) in [5.41, 5.74) is 0.252. The molecule has 1 aliphatic carbocycles. The minimum atomic E-state index is 0.252. The standard InChI is InChI=1S/C11H19N3/c1-3-6-9-12-10(14-13-9)11(2)7-4-5-8-11/h3-8H2,1-2H3,(H,12,13,14). The number of aryl methyl sites for hydroxylation is 1. The quantitative estimate of drug-likeness (QED) is 0.801. The molecule has 1 saturated carbocycles. The van der Waals surface area contributed by atoms with Crippen LogP contribution in [0.3, 0.4) is 0 Å². The Balaban J connectivity index is 2.15. The van der Waals surface area contributed by atoms with Crippen LogP contribution in [0.1, 0.15) is 57.6 Å². The van der Waals surface area contributed by atoms with Gasteiger partial charge in [-0.15, -0.1) is 0 Å². The van der Waals surface area contributed by atoms with Gasteiger partial charge in [0, 0.05) is 11.8 Å². The average molecular weight is 193 g/mol. The number of aromatic amines is 1. The van der Waals surface area contributed by atoms with Crippen LogP contribution in [0.5, 0.6) is 0 Å². The van der Waals surface area contributed by atoms with Crippen molar-refractivity contribution < 1.29 is 0 Å². The number of hydrogen-bond acceptors (Lipinski definition) is 2. The van der Waals surface area contributed by atoms with E-state index in [0.29, 0.717) is 0 Å². The number of H-pyrrole nitrogens is 1. The molecule has 2 rings (SSSR count). The van der Waals surface area contributed by atoms with Crippen LogP contribution in [0, 0.1) is 0 Å². The highest BCUT2D eigenvalue weighted by molar-refractivity contribution is 5.08. The molecule has 0 aliphatic heterocycles. The second kappa shape index (κ2) is 3.71. The van der Waals surface area contributed by atoms with Crippen molar-refractivity contribution in [3.05, 3.63) is 11.6 Å². The normalized spacial score (nSPS) is 20.1. The molecule has 0 atom stereocenters. The minimum Gasteiger partial charge on any atom is -0.263 e. The van der Waals surface area contributed by atoms with Gasteiger partial charge in [-0.05, 0) is 19.3 Å². The topological polar surface area (TPSA) is 41.6 Å². The van der Waals surface area contributed by atoms with Gasteiger partial charge in [-0.3, -0.25) is 5.10 Å². The molecular formula is C11H19N3. The van der Waals surface area contributed by atoms with E-state index in [1.165, 1.54) is 25.7 Å². The Morgan fingerprint density at radius 3 is 2.71 bits per heavy atom. The van der Waals surface area contributed by atoms with Crippen molar-refractivity contribution in [1.82, 2.24) is 15.2 Å². The molecule has 1 aromatic heterocycles. The maximum absolute atomic E-state index is 4.59. The first-order valence-electron chi connectivity index (χ1n) is 5.66. The fourth-order valence-corrected chi connectivity index (χ4v) is 2.29. The highest BCUT2D eigenvalue weighted by Crippen LogP contribution is 2.38. The maximum Gasteiger partial charge on any atom is 0.156 e. The zero-order valence-corrected chi connectivity index (χ0v) is 9.14. The first-order valence-corrected chi connectivity index (χ1v) is 5.66. The van der Waals surface area contributed by atoms with Gasteiger partial charge in [0.25, 0.3) is 0 Å². The third-order valence-corrected chi connectivity index (χ3v) is 3.27. The van der Waals surface area contributed by atoms with Gasteiger partial charge in [0.1, 0.15) is 5.82 Å². The summed E-state index contributed by atoms with van der Waals surface area (Å²) in [5, 5.41) is 7.40. The van der Waals surface area contributed by atoms with Gasteiger partial charge >= 0.3 is 0 Å². The Labute approximate surface area is 85.3 Å². The van der Waals surface area contributed by atoms with E-state index < -0.39 is 0 Å².